The number of alkyl halides is 1. The predicted molar refractivity (Wildman–Crippen MR) is 75.6 cm³/mol. The lowest BCUT2D eigenvalue weighted by atomic mass is 10.1. The Bertz CT molecular complexity index is 453. The van der Waals surface area contributed by atoms with Crippen molar-refractivity contribution >= 4 is 33.4 Å². The van der Waals surface area contributed by atoms with Crippen LogP contribution in [-0.4, -0.2) is 41.9 Å². The Morgan fingerprint density at radius 3 is 3.06 bits per heavy atom. The van der Waals surface area contributed by atoms with E-state index >= 15 is 0 Å². The lowest BCUT2D eigenvalue weighted by Crippen LogP contribution is -2.49. The standard InChI is InChI=1S/C13H15BrClNO2/c1-9-6-10(2-3-12(9)15)13(17)16-4-5-18-8-11(16)7-14/h2-3,6,11H,4-5,7-8H2,1H3. The van der Waals surface area contributed by atoms with Crippen molar-refractivity contribution in [3.8, 4) is 0 Å². The summed E-state index contributed by atoms with van der Waals surface area (Å²) in [5.74, 6) is 0.0440. The number of hydrogen-bond acceptors (Lipinski definition) is 2. The summed E-state index contributed by atoms with van der Waals surface area (Å²) < 4.78 is 5.39. The molecule has 1 fully saturated rings. The minimum atomic E-state index is 0.0440. The van der Waals surface area contributed by atoms with Gasteiger partial charge in [-0.25, -0.2) is 0 Å². The van der Waals surface area contributed by atoms with Gasteiger partial charge >= 0.3 is 0 Å². The van der Waals surface area contributed by atoms with Crippen LogP contribution in [0.4, 0.5) is 0 Å². The first-order valence-electron chi connectivity index (χ1n) is 5.84. The summed E-state index contributed by atoms with van der Waals surface area (Å²) in [5, 5.41) is 1.41. The molecular weight excluding hydrogens is 318 g/mol. The molecule has 1 aromatic carbocycles. The van der Waals surface area contributed by atoms with Crippen molar-refractivity contribution in [1.82, 2.24) is 4.90 Å². The summed E-state index contributed by atoms with van der Waals surface area (Å²) in [7, 11) is 0. The second-order valence-electron chi connectivity index (χ2n) is 4.35. The Morgan fingerprint density at radius 2 is 2.39 bits per heavy atom. The molecule has 2 rings (SSSR count). The number of amides is 1. The Morgan fingerprint density at radius 1 is 1.61 bits per heavy atom. The molecule has 0 aromatic heterocycles. The Labute approximate surface area is 120 Å². The van der Waals surface area contributed by atoms with Gasteiger partial charge < -0.3 is 9.64 Å². The van der Waals surface area contributed by atoms with Gasteiger partial charge in [-0.3, -0.25) is 4.79 Å². The lowest BCUT2D eigenvalue weighted by molar-refractivity contribution is 0.00524. The average Bonchev–Trinajstić information content (AvgIpc) is 2.41. The number of morpholine rings is 1. The zero-order valence-electron chi connectivity index (χ0n) is 10.2. The van der Waals surface area contributed by atoms with E-state index in [1.165, 1.54) is 0 Å². The van der Waals surface area contributed by atoms with Crippen LogP contribution in [0.15, 0.2) is 18.2 Å². The molecule has 1 saturated heterocycles. The minimum Gasteiger partial charge on any atom is -0.377 e. The fourth-order valence-corrected chi connectivity index (χ4v) is 2.65. The van der Waals surface area contributed by atoms with Gasteiger partial charge in [0.2, 0.25) is 0 Å². The second kappa shape index (κ2) is 6.04. The highest BCUT2D eigenvalue weighted by Crippen LogP contribution is 2.19. The molecule has 1 aromatic rings. The topological polar surface area (TPSA) is 29.5 Å². The number of nitrogens with zero attached hydrogens (tertiary/aromatic N) is 1. The molecule has 1 amide bonds. The van der Waals surface area contributed by atoms with E-state index in [9.17, 15) is 4.79 Å². The van der Waals surface area contributed by atoms with Gasteiger partial charge in [0.1, 0.15) is 0 Å². The van der Waals surface area contributed by atoms with Crippen LogP contribution in [0, 0.1) is 6.92 Å². The number of aryl methyl sites for hydroxylation is 1. The lowest BCUT2D eigenvalue weighted by Gasteiger charge is -2.34. The number of carbonyl (C=O) groups excluding carboxylic acids is 1. The van der Waals surface area contributed by atoms with Crippen molar-refractivity contribution < 1.29 is 9.53 Å². The van der Waals surface area contributed by atoms with Crippen LogP contribution in [0.5, 0.6) is 0 Å². The smallest absolute Gasteiger partial charge is 0.254 e. The second-order valence-corrected chi connectivity index (χ2v) is 5.40. The van der Waals surface area contributed by atoms with Gasteiger partial charge in [0.05, 0.1) is 19.3 Å². The summed E-state index contributed by atoms with van der Waals surface area (Å²) in [6, 6.07) is 5.49. The predicted octanol–water partition coefficient (Wildman–Crippen LogP) is 2.88. The van der Waals surface area contributed by atoms with Crippen LogP contribution in [0.2, 0.25) is 5.02 Å². The molecule has 0 bridgehead atoms. The Kier molecular flexibility index (Phi) is 4.65. The van der Waals surface area contributed by atoms with Crippen molar-refractivity contribution in [1.29, 1.82) is 0 Å². The molecule has 1 unspecified atom stereocenters. The van der Waals surface area contributed by atoms with Crippen LogP contribution < -0.4 is 0 Å². The largest absolute Gasteiger partial charge is 0.377 e. The number of ether oxygens (including phenoxy) is 1. The molecular formula is C13H15BrClNO2. The Hall–Kier alpha value is -0.580. The maximum Gasteiger partial charge on any atom is 0.254 e. The van der Waals surface area contributed by atoms with Gasteiger partial charge in [0.15, 0.2) is 0 Å². The van der Waals surface area contributed by atoms with Crippen LogP contribution in [0.25, 0.3) is 0 Å². The van der Waals surface area contributed by atoms with Crippen LogP contribution in [0.3, 0.4) is 0 Å². The van der Waals surface area contributed by atoms with Crippen LogP contribution in [0.1, 0.15) is 15.9 Å². The van der Waals surface area contributed by atoms with Crippen LogP contribution in [-0.2, 0) is 4.74 Å². The third kappa shape index (κ3) is 2.87. The molecule has 1 aliphatic heterocycles. The van der Waals surface area contributed by atoms with Crippen molar-refractivity contribution in [2.45, 2.75) is 13.0 Å². The van der Waals surface area contributed by atoms with Crippen molar-refractivity contribution in [3.05, 3.63) is 34.3 Å². The molecule has 0 N–H and O–H groups in total. The molecule has 0 aliphatic carbocycles. The fraction of sp³-hybridized carbons (Fsp3) is 0.462. The molecule has 0 saturated carbocycles. The summed E-state index contributed by atoms with van der Waals surface area (Å²) in [5.41, 5.74) is 1.61. The summed E-state index contributed by atoms with van der Waals surface area (Å²) in [6.07, 6.45) is 0. The summed E-state index contributed by atoms with van der Waals surface area (Å²) in [6.45, 7) is 3.72. The molecule has 1 atom stereocenters. The molecule has 1 aliphatic rings. The summed E-state index contributed by atoms with van der Waals surface area (Å²) in [4.78, 5) is 14.3. The van der Waals surface area contributed by atoms with E-state index in [-0.39, 0.29) is 11.9 Å². The first-order chi connectivity index (χ1) is 8.63. The molecule has 1 heterocycles. The van der Waals surface area contributed by atoms with Gasteiger partial charge in [0.25, 0.3) is 5.91 Å². The monoisotopic (exact) mass is 331 g/mol. The van der Waals surface area contributed by atoms with E-state index in [2.05, 4.69) is 15.9 Å². The van der Waals surface area contributed by atoms with Crippen molar-refractivity contribution in [3.63, 3.8) is 0 Å². The number of carbonyl (C=O) groups is 1. The van der Waals surface area contributed by atoms with Gasteiger partial charge in [-0.15, -0.1) is 0 Å². The molecule has 98 valence electrons. The highest BCUT2D eigenvalue weighted by molar-refractivity contribution is 9.09. The molecule has 0 spiro atoms. The van der Waals surface area contributed by atoms with Gasteiger partial charge in [0, 0.05) is 22.5 Å². The first kappa shape index (κ1) is 13.8. The van der Waals surface area contributed by atoms with Crippen molar-refractivity contribution in [2.24, 2.45) is 0 Å². The van der Waals surface area contributed by atoms with E-state index < -0.39 is 0 Å². The molecule has 0 radical (unpaired) electrons. The molecule has 3 nitrogen and oxygen atoms in total. The molecule has 18 heavy (non-hydrogen) atoms. The quantitative estimate of drug-likeness (QED) is 0.779. The van der Waals surface area contributed by atoms with Crippen LogP contribution >= 0.6 is 27.5 Å². The number of hydrogen-bond donors (Lipinski definition) is 0. The van der Waals surface area contributed by atoms with E-state index in [4.69, 9.17) is 16.3 Å². The van der Waals surface area contributed by atoms with E-state index in [0.29, 0.717) is 30.3 Å². The summed E-state index contributed by atoms with van der Waals surface area (Å²) >= 11 is 9.40. The highest BCUT2D eigenvalue weighted by atomic mass is 79.9. The maximum atomic E-state index is 12.4. The average molecular weight is 333 g/mol. The fourth-order valence-electron chi connectivity index (χ4n) is 1.99. The van der Waals surface area contributed by atoms with Gasteiger partial charge in [-0.1, -0.05) is 27.5 Å². The number of benzene rings is 1. The number of rotatable bonds is 2. The van der Waals surface area contributed by atoms with Gasteiger partial charge in [-0.05, 0) is 30.7 Å². The highest BCUT2D eigenvalue weighted by Gasteiger charge is 2.27. The zero-order valence-corrected chi connectivity index (χ0v) is 12.5. The first-order valence-corrected chi connectivity index (χ1v) is 7.34. The Balaban J connectivity index is 2.21. The SMILES string of the molecule is Cc1cc(C(=O)N2CCOCC2CBr)ccc1Cl. The van der Waals surface area contributed by atoms with E-state index in [0.717, 1.165) is 10.9 Å². The zero-order chi connectivity index (χ0) is 13.1. The third-order valence-corrected chi connectivity index (χ3v) is 4.24. The van der Waals surface area contributed by atoms with E-state index in [1.54, 1.807) is 12.1 Å². The number of halogens is 2. The minimum absolute atomic E-state index is 0.0440. The normalized spacial score (nSPS) is 19.9. The third-order valence-electron chi connectivity index (χ3n) is 3.07. The maximum absolute atomic E-state index is 12.4. The van der Waals surface area contributed by atoms with Gasteiger partial charge in [-0.2, -0.15) is 0 Å². The van der Waals surface area contributed by atoms with Crippen molar-refractivity contribution in [2.75, 3.05) is 25.1 Å². The van der Waals surface area contributed by atoms with E-state index in [1.807, 2.05) is 17.9 Å². The molecule has 5 heteroatoms.